The molecule has 0 fully saturated rings. The van der Waals surface area contributed by atoms with E-state index in [1.165, 1.54) is 0 Å². The number of carbonyl (C=O) groups is 3. The first-order valence-electron chi connectivity index (χ1n) is 15.4. The van der Waals surface area contributed by atoms with Crippen molar-refractivity contribution >= 4 is 28.5 Å². The predicted octanol–water partition coefficient (Wildman–Crippen LogP) is 7.50. The summed E-state index contributed by atoms with van der Waals surface area (Å²) in [7, 11) is 0. The number of aromatic amines is 1. The third-order valence-electron chi connectivity index (χ3n) is 7.95. The first-order chi connectivity index (χ1) is 21.5. The van der Waals surface area contributed by atoms with Crippen LogP contribution >= 0.6 is 0 Å². The number of aromatic nitrogens is 1. The van der Waals surface area contributed by atoms with Crippen molar-refractivity contribution in [1.82, 2.24) is 15.6 Å². The smallest absolute Gasteiger partial charge is 0.252 e. The maximum Gasteiger partial charge on any atom is 0.252 e. The number of para-hydroxylation sites is 1. The predicted molar refractivity (Wildman–Crippen MR) is 177 cm³/mol. The highest BCUT2D eigenvalue weighted by Gasteiger charge is 2.23. The standard InChI is InChI=1S/C38H39N3O3/c1-27(42)15-5-2-10-24-35(41-37(43)33-22-12-11-20-30(33)28-16-6-3-7-17-28)38(44)39-26-25-32-31-21-13-14-23-34(31)40-36(32)29-18-8-4-9-19-29/h3-4,6-9,11-14,16-23,35,40H,2,5,10,15,24-26H2,1H3,(H,39,44)(H,41,43). The molecule has 1 aromatic heterocycles. The number of rotatable bonds is 14. The van der Waals surface area contributed by atoms with Gasteiger partial charge in [-0.1, -0.05) is 110 Å². The van der Waals surface area contributed by atoms with Crippen LogP contribution in [-0.4, -0.2) is 35.2 Å². The number of benzene rings is 4. The number of fused-ring (bicyclic) bond motifs is 1. The van der Waals surface area contributed by atoms with E-state index in [0.717, 1.165) is 58.1 Å². The summed E-state index contributed by atoms with van der Waals surface area (Å²) in [4.78, 5) is 42.1. The molecule has 0 saturated carbocycles. The van der Waals surface area contributed by atoms with Crippen molar-refractivity contribution < 1.29 is 14.4 Å². The number of nitrogens with one attached hydrogen (secondary N) is 3. The van der Waals surface area contributed by atoms with Crippen molar-refractivity contribution in [2.45, 2.75) is 51.5 Å². The third kappa shape index (κ3) is 7.70. The number of unbranched alkanes of at least 4 members (excludes halogenated alkanes) is 2. The van der Waals surface area contributed by atoms with Gasteiger partial charge in [0.25, 0.3) is 5.91 Å². The van der Waals surface area contributed by atoms with E-state index in [4.69, 9.17) is 0 Å². The number of amides is 2. The van der Waals surface area contributed by atoms with Gasteiger partial charge in [-0.05, 0) is 60.6 Å². The molecule has 5 rings (SSSR count). The van der Waals surface area contributed by atoms with Crippen LogP contribution < -0.4 is 10.6 Å². The van der Waals surface area contributed by atoms with Crippen LogP contribution in [0.4, 0.5) is 0 Å². The van der Waals surface area contributed by atoms with Crippen LogP contribution in [0.5, 0.6) is 0 Å². The minimum atomic E-state index is -0.694. The normalized spacial score (nSPS) is 11.7. The molecule has 6 nitrogen and oxygen atoms in total. The molecule has 1 atom stereocenters. The molecule has 2 amide bonds. The number of carbonyl (C=O) groups excluding carboxylic acids is 3. The maximum absolute atomic E-state index is 13.6. The molecule has 0 bridgehead atoms. The first-order valence-corrected chi connectivity index (χ1v) is 15.4. The van der Waals surface area contributed by atoms with Crippen molar-refractivity contribution in [3.05, 3.63) is 120 Å². The van der Waals surface area contributed by atoms with E-state index < -0.39 is 6.04 Å². The van der Waals surface area contributed by atoms with Crippen molar-refractivity contribution in [2.75, 3.05) is 6.54 Å². The average Bonchev–Trinajstić information content (AvgIpc) is 3.43. The van der Waals surface area contributed by atoms with Gasteiger partial charge in [-0.2, -0.15) is 0 Å². The molecule has 0 aliphatic heterocycles. The van der Waals surface area contributed by atoms with Gasteiger partial charge in [0.2, 0.25) is 5.91 Å². The second-order valence-corrected chi connectivity index (χ2v) is 11.2. The summed E-state index contributed by atoms with van der Waals surface area (Å²) in [5, 5.41) is 7.27. The molecule has 224 valence electrons. The van der Waals surface area contributed by atoms with Gasteiger partial charge in [0, 0.05) is 35.1 Å². The zero-order valence-electron chi connectivity index (χ0n) is 25.1. The minimum Gasteiger partial charge on any atom is -0.354 e. The van der Waals surface area contributed by atoms with Gasteiger partial charge in [0.15, 0.2) is 0 Å². The maximum atomic E-state index is 13.6. The lowest BCUT2D eigenvalue weighted by atomic mass is 9.98. The van der Waals surface area contributed by atoms with Crippen LogP contribution in [0.25, 0.3) is 33.3 Å². The molecule has 1 heterocycles. The Morgan fingerprint density at radius 3 is 2.14 bits per heavy atom. The molecule has 0 aliphatic rings. The van der Waals surface area contributed by atoms with Gasteiger partial charge >= 0.3 is 0 Å². The van der Waals surface area contributed by atoms with Crippen LogP contribution in [-0.2, 0) is 16.0 Å². The van der Waals surface area contributed by atoms with E-state index in [-0.39, 0.29) is 17.6 Å². The highest BCUT2D eigenvalue weighted by Crippen LogP contribution is 2.30. The van der Waals surface area contributed by atoms with Crippen molar-refractivity contribution in [3.8, 4) is 22.4 Å². The van der Waals surface area contributed by atoms with E-state index in [1.807, 2.05) is 78.9 Å². The minimum absolute atomic E-state index is 0.164. The summed E-state index contributed by atoms with van der Waals surface area (Å²) >= 11 is 0. The zero-order chi connectivity index (χ0) is 30.7. The number of ketones is 1. The van der Waals surface area contributed by atoms with Gasteiger partial charge in [0.05, 0.1) is 0 Å². The lowest BCUT2D eigenvalue weighted by Crippen LogP contribution is -2.47. The topological polar surface area (TPSA) is 91.1 Å². The Hall–Kier alpha value is -4.97. The van der Waals surface area contributed by atoms with E-state index >= 15 is 0 Å². The van der Waals surface area contributed by atoms with Gasteiger partial charge in [-0.3, -0.25) is 9.59 Å². The molecule has 4 aromatic carbocycles. The molecular weight excluding hydrogens is 546 g/mol. The fourth-order valence-corrected chi connectivity index (χ4v) is 5.70. The second kappa shape index (κ2) is 15.0. The Balaban J connectivity index is 1.30. The lowest BCUT2D eigenvalue weighted by Gasteiger charge is -2.20. The Morgan fingerprint density at radius 1 is 0.727 bits per heavy atom. The lowest BCUT2D eigenvalue weighted by molar-refractivity contribution is -0.123. The van der Waals surface area contributed by atoms with E-state index in [2.05, 4.69) is 39.9 Å². The second-order valence-electron chi connectivity index (χ2n) is 11.2. The van der Waals surface area contributed by atoms with Crippen LogP contribution in [0.2, 0.25) is 0 Å². The van der Waals surface area contributed by atoms with Gasteiger partial charge in [-0.25, -0.2) is 0 Å². The zero-order valence-corrected chi connectivity index (χ0v) is 25.1. The van der Waals surface area contributed by atoms with Crippen molar-refractivity contribution in [3.63, 3.8) is 0 Å². The Morgan fingerprint density at radius 2 is 1.39 bits per heavy atom. The number of hydrogen-bond donors (Lipinski definition) is 3. The summed E-state index contributed by atoms with van der Waals surface area (Å²) in [6.45, 7) is 2.02. The van der Waals surface area contributed by atoms with Crippen molar-refractivity contribution in [1.29, 1.82) is 0 Å². The summed E-state index contributed by atoms with van der Waals surface area (Å²) in [6, 6.07) is 34.9. The van der Waals surface area contributed by atoms with Crippen LogP contribution in [0, 0.1) is 0 Å². The number of hydrogen-bond acceptors (Lipinski definition) is 3. The molecule has 0 spiro atoms. The summed E-state index contributed by atoms with van der Waals surface area (Å²) in [5.41, 5.74) is 6.63. The van der Waals surface area contributed by atoms with Gasteiger partial charge in [0.1, 0.15) is 11.8 Å². The largest absolute Gasteiger partial charge is 0.354 e. The molecule has 0 radical (unpaired) electrons. The first kappa shape index (κ1) is 30.5. The monoisotopic (exact) mass is 585 g/mol. The quantitative estimate of drug-likeness (QED) is 0.118. The highest BCUT2D eigenvalue weighted by atomic mass is 16.2. The van der Waals surface area contributed by atoms with Gasteiger partial charge < -0.3 is 20.4 Å². The third-order valence-corrected chi connectivity index (χ3v) is 7.95. The summed E-state index contributed by atoms with van der Waals surface area (Å²) in [5.74, 6) is -0.322. The molecule has 44 heavy (non-hydrogen) atoms. The van der Waals surface area contributed by atoms with Crippen LogP contribution in [0.1, 0.15) is 54.9 Å². The fourth-order valence-electron chi connectivity index (χ4n) is 5.70. The van der Waals surface area contributed by atoms with Crippen molar-refractivity contribution in [2.24, 2.45) is 0 Å². The molecule has 5 aromatic rings. The Labute approximate surface area is 258 Å². The Bertz CT molecular complexity index is 1710. The molecular formula is C38H39N3O3. The molecule has 0 saturated heterocycles. The summed E-state index contributed by atoms with van der Waals surface area (Å²) in [6.07, 6.45) is 3.98. The van der Waals surface area contributed by atoms with Gasteiger partial charge in [-0.15, -0.1) is 0 Å². The van der Waals surface area contributed by atoms with E-state index in [0.29, 0.717) is 31.4 Å². The average molecular weight is 586 g/mol. The van der Waals surface area contributed by atoms with E-state index in [9.17, 15) is 14.4 Å². The van der Waals surface area contributed by atoms with Crippen LogP contribution in [0.15, 0.2) is 109 Å². The molecule has 3 N–H and O–H groups in total. The fraction of sp³-hybridized carbons (Fsp3) is 0.237. The number of H-pyrrole nitrogens is 1. The molecule has 0 aliphatic carbocycles. The SMILES string of the molecule is CC(=O)CCCCCC(NC(=O)c1ccccc1-c1ccccc1)C(=O)NCCc1c(-c2ccccc2)[nH]c2ccccc12. The summed E-state index contributed by atoms with van der Waals surface area (Å²) < 4.78 is 0. The number of Topliss-reactive ketones (excluding diaryl/α,β-unsaturated/α-hetero) is 1. The van der Waals surface area contributed by atoms with Crippen LogP contribution in [0.3, 0.4) is 0 Å². The Kier molecular flexibility index (Phi) is 10.4. The molecule has 6 heteroatoms. The highest BCUT2D eigenvalue weighted by molar-refractivity contribution is 6.03. The molecule has 1 unspecified atom stereocenters. The van der Waals surface area contributed by atoms with E-state index in [1.54, 1.807) is 13.0 Å².